The van der Waals surface area contributed by atoms with Crippen molar-refractivity contribution in [3.05, 3.63) is 94.5 Å². The predicted molar refractivity (Wildman–Crippen MR) is 97.3 cm³/mol. The highest BCUT2D eigenvalue weighted by molar-refractivity contribution is 6.30. The smallest absolute Gasteiger partial charge is 0.196 e. The molecule has 0 aliphatic heterocycles. The Balaban J connectivity index is 1.89. The summed E-state index contributed by atoms with van der Waals surface area (Å²) >= 11 is 0. The molecule has 0 bridgehead atoms. The SMILES string of the molecule is Cc1ccc(N(N)c2cccc3c2C(=O)c2ccccc2C3=O)cc1. The number of anilines is 2. The minimum atomic E-state index is -0.177. The van der Waals surface area contributed by atoms with Gasteiger partial charge in [0.2, 0.25) is 0 Å². The molecule has 25 heavy (non-hydrogen) atoms. The van der Waals surface area contributed by atoms with Gasteiger partial charge in [-0.15, -0.1) is 0 Å². The van der Waals surface area contributed by atoms with E-state index in [2.05, 4.69) is 0 Å². The van der Waals surface area contributed by atoms with E-state index in [0.717, 1.165) is 11.3 Å². The summed E-state index contributed by atoms with van der Waals surface area (Å²) in [5, 5.41) is 1.46. The Hall–Kier alpha value is -3.24. The van der Waals surface area contributed by atoms with Crippen molar-refractivity contribution < 1.29 is 9.59 Å². The van der Waals surface area contributed by atoms with Gasteiger partial charge in [-0.25, -0.2) is 5.84 Å². The Morgan fingerprint density at radius 2 is 1.32 bits per heavy atom. The molecule has 4 rings (SSSR count). The van der Waals surface area contributed by atoms with Gasteiger partial charge in [0.25, 0.3) is 0 Å². The molecule has 0 heterocycles. The van der Waals surface area contributed by atoms with Gasteiger partial charge in [0.05, 0.1) is 16.9 Å². The molecule has 0 unspecified atom stereocenters. The van der Waals surface area contributed by atoms with Crippen LogP contribution in [-0.2, 0) is 0 Å². The standard InChI is InChI=1S/C21H16N2O2/c1-13-9-11-14(12-10-13)23(22)18-8-4-7-17-19(18)21(25)16-6-3-2-5-15(16)20(17)24/h2-12H,22H2,1H3. The molecule has 0 atom stereocenters. The van der Waals surface area contributed by atoms with Crippen LogP contribution in [0.3, 0.4) is 0 Å². The van der Waals surface area contributed by atoms with Crippen molar-refractivity contribution >= 4 is 22.9 Å². The molecule has 0 saturated carbocycles. The van der Waals surface area contributed by atoms with Crippen LogP contribution in [0.5, 0.6) is 0 Å². The quantitative estimate of drug-likeness (QED) is 0.449. The summed E-state index contributed by atoms with van der Waals surface area (Å²) in [6, 6.07) is 19.8. The average Bonchev–Trinajstić information content (AvgIpc) is 2.65. The van der Waals surface area contributed by atoms with Gasteiger partial charge in [-0.2, -0.15) is 0 Å². The van der Waals surface area contributed by atoms with Crippen molar-refractivity contribution in [1.82, 2.24) is 0 Å². The minimum absolute atomic E-state index is 0.149. The number of hydrazine groups is 1. The summed E-state index contributed by atoms with van der Waals surface area (Å²) in [5.41, 5.74) is 4.00. The van der Waals surface area contributed by atoms with Gasteiger partial charge in [0, 0.05) is 16.7 Å². The first kappa shape index (κ1) is 15.3. The second kappa shape index (κ2) is 5.69. The number of hydrogen-bond acceptors (Lipinski definition) is 4. The number of nitrogens with zero attached hydrogens (tertiary/aromatic N) is 1. The van der Waals surface area contributed by atoms with Crippen molar-refractivity contribution in [2.24, 2.45) is 5.84 Å². The van der Waals surface area contributed by atoms with Crippen LogP contribution in [0.15, 0.2) is 66.7 Å². The highest BCUT2D eigenvalue weighted by Crippen LogP contribution is 2.35. The van der Waals surface area contributed by atoms with Crippen molar-refractivity contribution in [2.75, 3.05) is 5.01 Å². The number of carbonyl (C=O) groups excluding carboxylic acids is 2. The zero-order chi connectivity index (χ0) is 17.6. The average molecular weight is 328 g/mol. The Morgan fingerprint density at radius 1 is 0.720 bits per heavy atom. The van der Waals surface area contributed by atoms with Crippen LogP contribution >= 0.6 is 0 Å². The molecule has 0 spiro atoms. The molecule has 4 nitrogen and oxygen atoms in total. The zero-order valence-corrected chi connectivity index (χ0v) is 13.7. The lowest BCUT2D eigenvalue weighted by atomic mass is 9.83. The molecule has 122 valence electrons. The topological polar surface area (TPSA) is 63.4 Å². The monoisotopic (exact) mass is 328 g/mol. The number of aryl methyl sites for hydroxylation is 1. The highest BCUT2D eigenvalue weighted by Gasteiger charge is 2.32. The summed E-state index contributed by atoms with van der Waals surface area (Å²) in [7, 11) is 0. The fourth-order valence-electron chi connectivity index (χ4n) is 3.17. The van der Waals surface area contributed by atoms with Crippen molar-refractivity contribution in [3.63, 3.8) is 0 Å². The van der Waals surface area contributed by atoms with E-state index in [1.165, 1.54) is 5.01 Å². The predicted octanol–water partition coefficient (Wildman–Crippen LogP) is 3.78. The zero-order valence-electron chi connectivity index (χ0n) is 13.7. The second-order valence-electron chi connectivity index (χ2n) is 6.11. The third-order valence-corrected chi connectivity index (χ3v) is 4.50. The van der Waals surface area contributed by atoms with E-state index in [-0.39, 0.29) is 11.6 Å². The van der Waals surface area contributed by atoms with E-state index in [9.17, 15) is 9.59 Å². The van der Waals surface area contributed by atoms with Gasteiger partial charge in [-0.3, -0.25) is 14.6 Å². The van der Waals surface area contributed by atoms with E-state index < -0.39 is 0 Å². The maximum Gasteiger partial charge on any atom is 0.196 e. The number of hydrogen-bond donors (Lipinski definition) is 1. The van der Waals surface area contributed by atoms with E-state index in [0.29, 0.717) is 27.9 Å². The fourth-order valence-corrected chi connectivity index (χ4v) is 3.17. The highest BCUT2D eigenvalue weighted by atomic mass is 16.1. The van der Waals surface area contributed by atoms with Gasteiger partial charge >= 0.3 is 0 Å². The summed E-state index contributed by atoms with van der Waals surface area (Å²) < 4.78 is 0. The Labute approximate surface area is 145 Å². The summed E-state index contributed by atoms with van der Waals surface area (Å²) in [6.45, 7) is 1.99. The number of carbonyl (C=O) groups is 2. The molecule has 0 saturated heterocycles. The number of ketones is 2. The van der Waals surface area contributed by atoms with E-state index in [1.54, 1.807) is 42.5 Å². The summed E-state index contributed by atoms with van der Waals surface area (Å²) in [6.07, 6.45) is 0. The number of benzene rings is 3. The number of fused-ring (bicyclic) bond motifs is 2. The van der Waals surface area contributed by atoms with Crippen LogP contribution in [-0.4, -0.2) is 11.6 Å². The Morgan fingerprint density at radius 3 is 2.00 bits per heavy atom. The molecule has 0 aromatic heterocycles. The second-order valence-corrected chi connectivity index (χ2v) is 6.11. The molecule has 1 aliphatic rings. The normalized spacial score (nSPS) is 12.6. The lowest BCUT2D eigenvalue weighted by Crippen LogP contribution is -2.30. The number of nitrogens with two attached hydrogens (primary N) is 1. The largest absolute Gasteiger partial charge is 0.289 e. The Bertz CT molecular complexity index is 1010. The van der Waals surface area contributed by atoms with Crippen LogP contribution in [0.25, 0.3) is 0 Å². The maximum atomic E-state index is 13.0. The molecular formula is C21H16N2O2. The van der Waals surface area contributed by atoms with Crippen LogP contribution in [0.4, 0.5) is 11.4 Å². The summed E-state index contributed by atoms with van der Waals surface area (Å²) in [5.74, 6) is 5.96. The number of rotatable bonds is 2. The lowest BCUT2D eigenvalue weighted by Gasteiger charge is -2.25. The van der Waals surface area contributed by atoms with Gasteiger partial charge < -0.3 is 0 Å². The molecule has 3 aromatic rings. The first-order valence-electron chi connectivity index (χ1n) is 8.01. The van der Waals surface area contributed by atoms with Crippen molar-refractivity contribution in [3.8, 4) is 0 Å². The molecule has 4 heteroatoms. The van der Waals surface area contributed by atoms with Crippen molar-refractivity contribution in [1.29, 1.82) is 0 Å². The molecular weight excluding hydrogens is 312 g/mol. The van der Waals surface area contributed by atoms with Gasteiger partial charge in [-0.05, 0) is 25.1 Å². The molecule has 0 amide bonds. The fraction of sp³-hybridized carbons (Fsp3) is 0.0476. The third-order valence-electron chi connectivity index (χ3n) is 4.50. The molecule has 1 aliphatic carbocycles. The maximum absolute atomic E-state index is 13.0. The molecule has 3 aromatic carbocycles. The van der Waals surface area contributed by atoms with Crippen LogP contribution in [0.2, 0.25) is 0 Å². The first-order valence-corrected chi connectivity index (χ1v) is 8.01. The van der Waals surface area contributed by atoms with Crippen molar-refractivity contribution in [2.45, 2.75) is 6.92 Å². The first-order chi connectivity index (χ1) is 12.1. The third kappa shape index (κ3) is 2.35. The van der Waals surface area contributed by atoms with Gasteiger partial charge in [-0.1, -0.05) is 54.1 Å². The molecule has 0 radical (unpaired) electrons. The molecule has 2 N–H and O–H groups in total. The van der Waals surface area contributed by atoms with Gasteiger partial charge in [0.1, 0.15) is 0 Å². The van der Waals surface area contributed by atoms with Crippen LogP contribution in [0, 0.1) is 6.92 Å². The van der Waals surface area contributed by atoms with Crippen LogP contribution < -0.4 is 10.9 Å². The van der Waals surface area contributed by atoms with E-state index >= 15 is 0 Å². The summed E-state index contributed by atoms with van der Waals surface area (Å²) in [4.78, 5) is 25.8. The minimum Gasteiger partial charge on any atom is -0.289 e. The van der Waals surface area contributed by atoms with E-state index in [1.807, 2.05) is 31.2 Å². The molecule has 0 fully saturated rings. The van der Waals surface area contributed by atoms with Gasteiger partial charge in [0.15, 0.2) is 11.6 Å². The Kier molecular flexibility index (Phi) is 3.48. The lowest BCUT2D eigenvalue weighted by molar-refractivity contribution is 0.0979. The van der Waals surface area contributed by atoms with Crippen LogP contribution in [0.1, 0.15) is 37.4 Å². The van der Waals surface area contributed by atoms with E-state index in [4.69, 9.17) is 5.84 Å².